The van der Waals surface area contributed by atoms with Gasteiger partial charge in [0.2, 0.25) is 0 Å². The fourth-order valence-corrected chi connectivity index (χ4v) is 1.61. The van der Waals surface area contributed by atoms with Gasteiger partial charge in [0.1, 0.15) is 0 Å². The van der Waals surface area contributed by atoms with Crippen LogP contribution in [-0.2, 0) is 0 Å². The van der Waals surface area contributed by atoms with Gasteiger partial charge in [0.05, 0.1) is 23.6 Å². The van der Waals surface area contributed by atoms with Gasteiger partial charge in [0.25, 0.3) is 0 Å². The molecule has 0 aliphatic carbocycles. The van der Waals surface area contributed by atoms with Gasteiger partial charge < -0.3 is 0 Å². The number of aromatic nitrogens is 6. The quantitative estimate of drug-likeness (QED) is 0.857. The molecule has 0 amide bonds. The van der Waals surface area contributed by atoms with Crippen LogP contribution in [0.5, 0.6) is 0 Å². The summed E-state index contributed by atoms with van der Waals surface area (Å²) in [5.41, 5.74) is 2.14. The Bertz CT molecular complexity index is 455. The highest BCUT2D eigenvalue weighted by molar-refractivity contribution is 4.98. The molecule has 0 spiro atoms. The summed E-state index contributed by atoms with van der Waals surface area (Å²) in [6.07, 6.45) is 3.85. The van der Waals surface area contributed by atoms with Crippen LogP contribution < -0.4 is 0 Å². The molecule has 6 nitrogen and oxygen atoms in total. The van der Waals surface area contributed by atoms with E-state index < -0.39 is 0 Å². The van der Waals surface area contributed by atoms with Crippen LogP contribution in [0.2, 0.25) is 0 Å². The predicted octanol–water partition coefficient (Wildman–Crippen LogP) is 3.96. The molecule has 2 heterocycles. The summed E-state index contributed by atoms with van der Waals surface area (Å²) in [7, 11) is 0. The van der Waals surface area contributed by atoms with Gasteiger partial charge in [-0.2, -0.15) is 15.0 Å². The fourth-order valence-electron chi connectivity index (χ4n) is 1.61. The molecular weight excluding hydrogens is 276 g/mol. The van der Waals surface area contributed by atoms with Crippen LogP contribution >= 0.6 is 0 Å². The molecule has 0 saturated heterocycles. The van der Waals surface area contributed by atoms with Crippen LogP contribution in [-0.4, -0.2) is 30.0 Å². The van der Waals surface area contributed by atoms with Gasteiger partial charge >= 0.3 is 0 Å². The topological polar surface area (TPSA) is 61.4 Å². The van der Waals surface area contributed by atoms with Crippen LogP contribution in [0.1, 0.15) is 90.7 Å². The Morgan fingerprint density at radius 2 is 1.41 bits per heavy atom. The van der Waals surface area contributed by atoms with E-state index in [2.05, 4.69) is 75.9 Å². The van der Waals surface area contributed by atoms with Crippen molar-refractivity contribution in [3.8, 4) is 0 Å². The molecular formula is C16H30N6. The summed E-state index contributed by atoms with van der Waals surface area (Å²) >= 11 is 0. The first-order valence-electron chi connectivity index (χ1n) is 8.05. The van der Waals surface area contributed by atoms with E-state index in [1.54, 1.807) is 4.80 Å². The van der Waals surface area contributed by atoms with E-state index in [1.807, 2.05) is 17.1 Å². The molecule has 124 valence electrons. The highest BCUT2D eigenvalue weighted by atomic mass is 15.5. The molecule has 0 radical (unpaired) electrons. The second-order valence-corrected chi connectivity index (χ2v) is 6.71. The molecule has 0 unspecified atom stereocenters. The average Bonchev–Trinajstić information content (AvgIpc) is 3.09. The highest BCUT2D eigenvalue weighted by Gasteiger charge is 2.06. The van der Waals surface area contributed by atoms with E-state index in [1.165, 1.54) is 0 Å². The lowest BCUT2D eigenvalue weighted by molar-refractivity contribution is 0.461. The molecule has 2 rings (SSSR count). The summed E-state index contributed by atoms with van der Waals surface area (Å²) in [4.78, 5) is 1.75. The Balaban J connectivity index is 0.000000220. The second kappa shape index (κ2) is 8.06. The zero-order chi connectivity index (χ0) is 16.9. The minimum atomic E-state index is 0.363. The standard InChI is InChI=1S/2C8H15N3/c1-6(2)8-5-11(7(3)4)10-9-8;1-6(2)8-5-9-11(10-8)7(3)4/h2*5-7H,1-4H3. The van der Waals surface area contributed by atoms with Crippen molar-refractivity contribution in [1.82, 2.24) is 30.0 Å². The minimum absolute atomic E-state index is 0.363. The monoisotopic (exact) mass is 306 g/mol. The number of rotatable bonds is 4. The maximum Gasteiger partial charge on any atom is 0.0852 e. The first-order chi connectivity index (χ1) is 10.2. The summed E-state index contributed by atoms with van der Waals surface area (Å²) in [6.45, 7) is 16.8. The Morgan fingerprint density at radius 3 is 1.68 bits per heavy atom. The minimum Gasteiger partial charge on any atom is -0.250 e. The molecule has 0 aliphatic rings. The average molecular weight is 306 g/mol. The van der Waals surface area contributed by atoms with Crippen molar-refractivity contribution in [2.75, 3.05) is 0 Å². The summed E-state index contributed by atoms with van der Waals surface area (Å²) < 4.78 is 1.88. The molecule has 0 atom stereocenters. The fraction of sp³-hybridized carbons (Fsp3) is 0.750. The third kappa shape index (κ3) is 5.24. The molecule has 0 N–H and O–H groups in total. The lowest BCUT2D eigenvalue weighted by Crippen LogP contribution is -2.05. The molecule has 0 aliphatic heterocycles. The van der Waals surface area contributed by atoms with Crippen LogP contribution in [0.4, 0.5) is 0 Å². The molecule has 2 aromatic rings. The number of hydrogen-bond acceptors (Lipinski definition) is 4. The maximum atomic E-state index is 4.31. The summed E-state index contributed by atoms with van der Waals surface area (Å²) in [6, 6.07) is 0.775. The smallest absolute Gasteiger partial charge is 0.0852 e. The first kappa shape index (κ1) is 18.3. The molecule has 0 bridgehead atoms. The Labute approximate surface area is 133 Å². The second-order valence-electron chi connectivity index (χ2n) is 6.71. The molecule has 22 heavy (non-hydrogen) atoms. The number of nitrogens with zero attached hydrogens (tertiary/aromatic N) is 6. The maximum absolute atomic E-state index is 4.31. The predicted molar refractivity (Wildman–Crippen MR) is 89.0 cm³/mol. The van der Waals surface area contributed by atoms with Gasteiger partial charge in [-0.05, 0) is 39.5 Å². The third-order valence-corrected chi connectivity index (χ3v) is 3.23. The van der Waals surface area contributed by atoms with Crippen molar-refractivity contribution in [3.63, 3.8) is 0 Å². The highest BCUT2D eigenvalue weighted by Crippen LogP contribution is 2.11. The van der Waals surface area contributed by atoms with Gasteiger partial charge in [-0.15, -0.1) is 5.10 Å². The van der Waals surface area contributed by atoms with Crippen molar-refractivity contribution in [2.45, 2.75) is 79.3 Å². The SMILES string of the molecule is CC(C)c1cn(C(C)C)nn1.CC(C)c1cnn(C(C)C)n1. The van der Waals surface area contributed by atoms with Crippen molar-refractivity contribution >= 4 is 0 Å². The first-order valence-corrected chi connectivity index (χ1v) is 8.05. The lowest BCUT2D eigenvalue weighted by atomic mass is 10.2. The van der Waals surface area contributed by atoms with Crippen molar-refractivity contribution in [3.05, 3.63) is 23.8 Å². The Morgan fingerprint density at radius 1 is 0.818 bits per heavy atom. The van der Waals surface area contributed by atoms with Gasteiger partial charge in [-0.1, -0.05) is 32.9 Å². The van der Waals surface area contributed by atoms with Crippen LogP contribution in [0.3, 0.4) is 0 Å². The lowest BCUT2D eigenvalue weighted by Gasteiger charge is -2.01. The van der Waals surface area contributed by atoms with E-state index in [-0.39, 0.29) is 0 Å². The van der Waals surface area contributed by atoms with E-state index in [0.717, 1.165) is 11.4 Å². The Hall–Kier alpha value is -1.72. The van der Waals surface area contributed by atoms with E-state index >= 15 is 0 Å². The molecule has 0 saturated carbocycles. The van der Waals surface area contributed by atoms with Crippen molar-refractivity contribution in [2.24, 2.45) is 0 Å². The Kier molecular flexibility index (Phi) is 6.71. The van der Waals surface area contributed by atoms with E-state index in [4.69, 9.17) is 0 Å². The largest absolute Gasteiger partial charge is 0.250 e. The normalized spacial score (nSPS) is 11.5. The summed E-state index contributed by atoms with van der Waals surface area (Å²) in [5.74, 6) is 0.949. The molecule has 6 heteroatoms. The van der Waals surface area contributed by atoms with Crippen LogP contribution in [0, 0.1) is 0 Å². The summed E-state index contributed by atoms with van der Waals surface area (Å²) in [5, 5.41) is 16.5. The van der Waals surface area contributed by atoms with Crippen LogP contribution in [0.15, 0.2) is 12.4 Å². The zero-order valence-electron chi connectivity index (χ0n) is 15.1. The van der Waals surface area contributed by atoms with Gasteiger partial charge in [0, 0.05) is 12.2 Å². The zero-order valence-corrected chi connectivity index (χ0v) is 15.1. The third-order valence-electron chi connectivity index (χ3n) is 3.23. The molecule has 0 fully saturated rings. The van der Waals surface area contributed by atoms with Gasteiger partial charge in [-0.25, -0.2) is 4.68 Å². The molecule has 2 aromatic heterocycles. The van der Waals surface area contributed by atoms with E-state index in [9.17, 15) is 0 Å². The van der Waals surface area contributed by atoms with Gasteiger partial charge in [-0.3, -0.25) is 0 Å². The van der Waals surface area contributed by atoms with Crippen LogP contribution in [0.25, 0.3) is 0 Å². The number of hydrogen-bond donors (Lipinski definition) is 0. The van der Waals surface area contributed by atoms with Crippen molar-refractivity contribution < 1.29 is 0 Å². The van der Waals surface area contributed by atoms with Gasteiger partial charge in [0.15, 0.2) is 0 Å². The van der Waals surface area contributed by atoms with E-state index in [0.29, 0.717) is 23.9 Å². The van der Waals surface area contributed by atoms with Crippen molar-refractivity contribution in [1.29, 1.82) is 0 Å². The molecule has 0 aromatic carbocycles.